The Bertz CT molecular complexity index is 340. The van der Waals surface area contributed by atoms with Gasteiger partial charge in [-0.15, -0.1) is 0 Å². The van der Waals surface area contributed by atoms with Gasteiger partial charge in [0.25, 0.3) is 0 Å². The predicted molar refractivity (Wildman–Crippen MR) is 72.0 cm³/mol. The zero-order chi connectivity index (χ0) is 12.3. The fourth-order valence-electron chi connectivity index (χ4n) is 1.98. The summed E-state index contributed by atoms with van der Waals surface area (Å²) in [5, 5.41) is 3.58. The van der Waals surface area contributed by atoms with Crippen molar-refractivity contribution < 1.29 is 0 Å². The molecule has 16 heavy (non-hydrogen) atoms. The summed E-state index contributed by atoms with van der Waals surface area (Å²) in [6.07, 6.45) is 1.18. The number of rotatable bonds is 4. The number of nitrogens with one attached hydrogen (secondary N) is 1. The first kappa shape index (κ1) is 13.2. The molecule has 1 atom stereocenters. The Kier molecular flexibility index (Phi) is 4.55. The third kappa shape index (κ3) is 2.85. The first-order valence-corrected chi connectivity index (χ1v) is 6.27. The Labute approximate surface area is 100 Å². The van der Waals surface area contributed by atoms with Gasteiger partial charge in [-0.25, -0.2) is 0 Å². The van der Waals surface area contributed by atoms with Crippen molar-refractivity contribution in [1.29, 1.82) is 0 Å². The summed E-state index contributed by atoms with van der Waals surface area (Å²) in [6.45, 7) is 14.3. The summed E-state index contributed by atoms with van der Waals surface area (Å²) >= 11 is 0. The highest BCUT2D eigenvalue weighted by atomic mass is 14.9. The zero-order valence-corrected chi connectivity index (χ0v) is 11.6. The third-order valence-corrected chi connectivity index (χ3v) is 3.76. The van der Waals surface area contributed by atoms with Crippen molar-refractivity contribution in [2.75, 3.05) is 0 Å². The van der Waals surface area contributed by atoms with E-state index in [4.69, 9.17) is 0 Å². The molecule has 0 saturated carbocycles. The Hall–Kier alpha value is -0.820. The number of hydrogen-bond acceptors (Lipinski definition) is 1. The molecule has 0 spiro atoms. The van der Waals surface area contributed by atoms with Gasteiger partial charge in [-0.3, -0.25) is 0 Å². The summed E-state index contributed by atoms with van der Waals surface area (Å²) in [5.41, 5.74) is 7.18. The maximum atomic E-state index is 3.58. The minimum absolute atomic E-state index is 0.597. The minimum atomic E-state index is 0.597. The van der Waals surface area contributed by atoms with Crippen LogP contribution in [0.3, 0.4) is 0 Å². The van der Waals surface area contributed by atoms with E-state index in [1.165, 1.54) is 34.2 Å². The highest BCUT2D eigenvalue weighted by Crippen LogP contribution is 2.21. The van der Waals surface area contributed by atoms with E-state index in [1.807, 2.05) is 0 Å². The molecule has 0 radical (unpaired) electrons. The van der Waals surface area contributed by atoms with Gasteiger partial charge in [-0.05, 0) is 68.9 Å². The van der Waals surface area contributed by atoms with E-state index < -0.39 is 0 Å². The smallest absolute Gasteiger partial charge is 0.0213 e. The Morgan fingerprint density at radius 1 is 1.06 bits per heavy atom. The summed E-state index contributed by atoms with van der Waals surface area (Å²) < 4.78 is 0. The molecule has 0 heterocycles. The van der Waals surface area contributed by atoms with E-state index in [9.17, 15) is 0 Å². The average molecular weight is 219 g/mol. The molecule has 0 aliphatic carbocycles. The highest BCUT2D eigenvalue weighted by molar-refractivity contribution is 5.43. The SMILES string of the molecule is CCC(C)NCc1c(C)c(C)cc(C)c1C. The number of hydrogen-bond donors (Lipinski definition) is 1. The zero-order valence-electron chi connectivity index (χ0n) is 11.6. The van der Waals surface area contributed by atoms with E-state index in [0.29, 0.717) is 6.04 Å². The van der Waals surface area contributed by atoms with Crippen LogP contribution >= 0.6 is 0 Å². The molecule has 1 aromatic carbocycles. The molecule has 0 bridgehead atoms. The van der Waals surface area contributed by atoms with Crippen LogP contribution in [0.15, 0.2) is 6.07 Å². The van der Waals surface area contributed by atoms with Crippen LogP contribution in [-0.2, 0) is 6.54 Å². The van der Waals surface area contributed by atoms with E-state index in [1.54, 1.807) is 0 Å². The average Bonchev–Trinajstić information content (AvgIpc) is 2.26. The van der Waals surface area contributed by atoms with Crippen molar-refractivity contribution in [3.05, 3.63) is 33.9 Å². The van der Waals surface area contributed by atoms with Crippen LogP contribution in [0.1, 0.15) is 48.1 Å². The molecule has 1 rings (SSSR count). The normalized spacial score (nSPS) is 12.9. The van der Waals surface area contributed by atoms with Gasteiger partial charge in [0.1, 0.15) is 0 Å². The fourth-order valence-corrected chi connectivity index (χ4v) is 1.98. The van der Waals surface area contributed by atoms with Gasteiger partial charge in [0.2, 0.25) is 0 Å². The molecular weight excluding hydrogens is 194 g/mol. The topological polar surface area (TPSA) is 12.0 Å². The van der Waals surface area contributed by atoms with Crippen molar-refractivity contribution in [2.24, 2.45) is 0 Å². The van der Waals surface area contributed by atoms with Crippen molar-refractivity contribution in [2.45, 2.75) is 60.5 Å². The quantitative estimate of drug-likeness (QED) is 0.812. The molecule has 0 amide bonds. The predicted octanol–water partition coefficient (Wildman–Crippen LogP) is 3.81. The first-order chi connectivity index (χ1) is 7.47. The molecule has 1 aromatic rings. The summed E-state index contributed by atoms with van der Waals surface area (Å²) in [6, 6.07) is 2.89. The summed E-state index contributed by atoms with van der Waals surface area (Å²) in [5.74, 6) is 0. The molecule has 0 saturated heterocycles. The van der Waals surface area contributed by atoms with E-state index >= 15 is 0 Å². The monoisotopic (exact) mass is 219 g/mol. The lowest BCUT2D eigenvalue weighted by Crippen LogP contribution is -2.25. The molecule has 1 heteroatoms. The fraction of sp³-hybridized carbons (Fsp3) is 0.600. The Morgan fingerprint density at radius 2 is 1.56 bits per heavy atom. The van der Waals surface area contributed by atoms with Crippen LogP contribution in [0.25, 0.3) is 0 Å². The van der Waals surface area contributed by atoms with Crippen LogP contribution in [0.4, 0.5) is 0 Å². The van der Waals surface area contributed by atoms with Gasteiger partial charge in [0, 0.05) is 12.6 Å². The van der Waals surface area contributed by atoms with E-state index in [0.717, 1.165) is 6.54 Å². The van der Waals surface area contributed by atoms with Gasteiger partial charge < -0.3 is 5.32 Å². The molecule has 0 aliphatic rings. The molecule has 1 nitrogen and oxygen atoms in total. The van der Waals surface area contributed by atoms with Gasteiger partial charge >= 0.3 is 0 Å². The van der Waals surface area contributed by atoms with E-state index in [-0.39, 0.29) is 0 Å². The van der Waals surface area contributed by atoms with E-state index in [2.05, 4.69) is 52.9 Å². The standard InChI is InChI=1S/C15H25N/c1-7-12(4)16-9-15-13(5)10(2)8-11(3)14(15)6/h8,12,16H,7,9H2,1-6H3. The maximum absolute atomic E-state index is 3.58. The van der Waals surface area contributed by atoms with Gasteiger partial charge in [-0.1, -0.05) is 13.0 Å². The van der Waals surface area contributed by atoms with Crippen molar-refractivity contribution >= 4 is 0 Å². The van der Waals surface area contributed by atoms with Crippen molar-refractivity contribution in [3.8, 4) is 0 Å². The van der Waals surface area contributed by atoms with Crippen LogP contribution in [0.2, 0.25) is 0 Å². The maximum Gasteiger partial charge on any atom is 0.0213 e. The molecule has 1 N–H and O–H groups in total. The Balaban J connectivity index is 2.94. The molecule has 0 aromatic heterocycles. The van der Waals surface area contributed by atoms with Gasteiger partial charge in [0.15, 0.2) is 0 Å². The molecular formula is C15H25N. The lowest BCUT2D eigenvalue weighted by molar-refractivity contribution is 0.532. The molecule has 0 aliphatic heterocycles. The van der Waals surface area contributed by atoms with Gasteiger partial charge in [-0.2, -0.15) is 0 Å². The second-order valence-corrected chi connectivity index (χ2v) is 4.93. The largest absolute Gasteiger partial charge is 0.310 e. The highest BCUT2D eigenvalue weighted by Gasteiger charge is 2.08. The molecule has 0 fully saturated rings. The second-order valence-electron chi connectivity index (χ2n) is 4.93. The van der Waals surface area contributed by atoms with Crippen LogP contribution in [0, 0.1) is 27.7 Å². The van der Waals surface area contributed by atoms with Gasteiger partial charge in [0.05, 0.1) is 0 Å². The molecule has 90 valence electrons. The number of aryl methyl sites for hydroxylation is 2. The third-order valence-electron chi connectivity index (χ3n) is 3.76. The lowest BCUT2D eigenvalue weighted by atomic mass is 9.94. The van der Waals surface area contributed by atoms with Crippen LogP contribution in [-0.4, -0.2) is 6.04 Å². The van der Waals surface area contributed by atoms with Crippen LogP contribution < -0.4 is 5.32 Å². The second kappa shape index (κ2) is 5.49. The van der Waals surface area contributed by atoms with Crippen molar-refractivity contribution in [3.63, 3.8) is 0 Å². The minimum Gasteiger partial charge on any atom is -0.310 e. The Morgan fingerprint density at radius 3 is 2.00 bits per heavy atom. The molecule has 1 unspecified atom stereocenters. The van der Waals surface area contributed by atoms with Crippen LogP contribution in [0.5, 0.6) is 0 Å². The summed E-state index contributed by atoms with van der Waals surface area (Å²) in [7, 11) is 0. The lowest BCUT2D eigenvalue weighted by Gasteiger charge is -2.18. The summed E-state index contributed by atoms with van der Waals surface area (Å²) in [4.78, 5) is 0. The first-order valence-electron chi connectivity index (χ1n) is 6.27. The van der Waals surface area contributed by atoms with Crippen molar-refractivity contribution in [1.82, 2.24) is 5.32 Å². The number of benzene rings is 1.